The quantitative estimate of drug-likeness (QED) is 0.619. The molecule has 0 saturated heterocycles. The van der Waals surface area contributed by atoms with Gasteiger partial charge in [-0.15, -0.1) is 5.10 Å². The first-order valence-corrected chi connectivity index (χ1v) is 7.28. The number of hydrogen-bond acceptors (Lipinski definition) is 6. The molecular weight excluding hydrogens is 278 g/mol. The molecule has 108 valence electrons. The van der Waals surface area contributed by atoms with Crippen molar-refractivity contribution < 1.29 is 9.63 Å². The fraction of sp³-hybridized carbons (Fsp3) is 0.500. The van der Waals surface area contributed by atoms with Crippen LogP contribution in [-0.4, -0.2) is 51.0 Å². The van der Waals surface area contributed by atoms with E-state index in [1.165, 1.54) is 23.9 Å². The van der Waals surface area contributed by atoms with E-state index in [1.807, 2.05) is 20.1 Å². The van der Waals surface area contributed by atoms with Gasteiger partial charge in [0.15, 0.2) is 0 Å². The molecule has 8 heteroatoms. The Hall–Kier alpha value is -1.67. The molecule has 0 aromatic carbocycles. The predicted molar refractivity (Wildman–Crippen MR) is 75.5 cm³/mol. The molecule has 0 spiro atoms. The van der Waals surface area contributed by atoms with Gasteiger partial charge in [0.2, 0.25) is 11.1 Å². The molecule has 0 atom stereocenters. The molecule has 1 amide bonds. The van der Waals surface area contributed by atoms with Crippen molar-refractivity contribution in [3.63, 3.8) is 0 Å². The van der Waals surface area contributed by atoms with E-state index in [0.29, 0.717) is 10.9 Å². The number of aryl methyl sites for hydroxylation is 2. The van der Waals surface area contributed by atoms with E-state index in [4.69, 9.17) is 4.84 Å². The maximum absolute atomic E-state index is 12.0. The summed E-state index contributed by atoms with van der Waals surface area (Å²) in [5.74, 6) is 0.422. The van der Waals surface area contributed by atoms with Gasteiger partial charge in [-0.1, -0.05) is 11.8 Å². The van der Waals surface area contributed by atoms with Crippen molar-refractivity contribution in [1.82, 2.24) is 24.6 Å². The van der Waals surface area contributed by atoms with Crippen LogP contribution in [0.25, 0.3) is 5.78 Å². The number of hydrogen-bond donors (Lipinski definition) is 0. The number of amides is 1. The lowest BCUT2D eigenvalue weighted by Crippen LogP contribution is -2.28. The molecule has 2 rings (SSSR count). The number of likely N-dealkylation sites (N-methyl/N-ethyl adjacent to an activating group) is 1. The first-order valence-electron chi connectivity index (χ1n) is 6.05. The molecule has 0 N–H and O–H groups in total. The van der Waals surface area contributed by atoms with Crippen LogP contribution in [0, 0.1) is 13.8 Å². The largest absolute Gasteiger partial charge is 0.275 e. The molecule has 2 aromatic rings. The second kappa shape index (κ2) is 5.76. The Labute approximate surface area is 121 Å². The maximum atomic E-state index is 12.0. The average molecular weight is 295 g/mol. The van der Waals surface area contributed by atoms with Gasteiger partial charge in [-0.25, -0.2) is 14.6 Å². The Morgan fingerprint density at radius 1 is 1.40 bits per heavy atom. The minimum Gasteiger partial charge on any atom is -0.275 e. The third-order valence-corrected chi connectivity index (χ3v) is 3.70. The number of hydroxylamine groups is 2. The summed E-state index contributed by atoms with van der Waals surface area (Å²) in [6.45, 7) is 3.78. The standard InChI is InChI=1S/C12H17N5O2S/c1-7-9(6-10(18)16(3)19-4)8(2)17-11(13-7)14-12(15-17)20-5/h6H2,1-5H3. The minimum atomic E-state index is -0.134. The molecule has 0 bridgehead atoms. The number of carbonyl (C=O) groups is 1. The van der Waals surface area contributed by atoms with Gasteiger partial charge in [0, 0.05) is 24.0 Å². The summed E-state index contributed by atoms with van der Waals surface area (Å²) in [6, 6.07) is 0. The van der Waals surface area contributed by atoms with Crippen molar-refractivity contribution in [3.05, 3.63) is 17.0 Å². The van der Waals surface area contributed by atoms with Crippen LogP contribution in [0.2, 0.25) is 0 Å². The summed E-state index contributed by atoms with van der Waals surface area (Å²) in [5, 5.41) is 6.23. The number of thioether (sulfide) groups is 1. The van der Waals surface area contributed by atoms with E-state index < -0.39 is 0 Å². The van der Waals surface area contributed by atoms with Gasteiger partial charge in [0.1, 0.15) is 0 Å². The molecule has 7 nitrogen and oxygen atoms in total. The molecule has 2 aromatic heterocycles. The van der Waals surface area contributed by atoms with Crippen molar-refractivity contribution in [3.8, 4) is 0 Å². The zero-order valence-electron chi connectivity index (χ0n) is 12.2. The summed E-state index contributed by atoms with van der Waals surface area (Å²) < 4.78 is 1.67. The zero-order chi connectivity index (χ0) is 14.9. The number of rotatable bonds is 4. The van der Waals surface area contributed by atoms with E-state index in [9.17, 15) is 4.79 Å². The summed E-state index contributed by atoms with van der Waals surface area (Å²) in [7, 11) is 3.04. The lowest BCUT2D eigenvalue weighted by Gasteiger charge is -2.15. The topological polar surface area (TPSA) is 72.6 Å². The second-order valence-corrected chi connectivity index (χ2v) is 5.10. The van der Waals surface area contributed by atoms with E-state index >= 15 is 0 Å². The van der Waals surface area contributed by atoms with Gasteiger partial charge in [0.25, 0.3) is 5.78 Å². The normalized spacial score (nSPS) is 11.1. The SMILES string of the molecule is CON(C)C(=O)Cc1c(C)nc2nc(SC)nn2c1C. The summed E-state index contributed by atoms with van der Waals surface area (Å²) in [4.78, 5) is 25.6. The molecular formula is C12H17N5O2S. The van der Waals surface area contributed by atoms with E-state index in [1.54, 1.807) is 11.6 Å². The fourth-order valence-corrected chi connectivity index (χ4v) is 2.23. The van der Waals surface area contributed by atoms with Crippen LogP contribution in [0.1, 0.15) is 17.0 Å². The number of aromatic nitrogens is 4. The summed E-state index contributed by atoms with van der Waals surface area (Å²) in [5.41, 5.74) is 2.51. The van der Waals surface area contributed by atoms with Crippen LogP contribution in [0.15, 0.2) is 5.16 Å². The Kier molecular flexibility index (Phi) is 4.24. The van der Waals surface area contributed by atoms with Crippen LogP contribution in [0.3, 0.4) is 0 Å². The van der Waals surface area contributed by atoms with E-state index in [2.05, 4.69) is 15.1 Å². The number of nitrogens with zero attached hydrogens (tertiary/aromatic N) is 5. The smallest absolute Gasteiger partial charge is 0.253 e. The summed E-state index contributed by atoms with van der Waals surface area (Å²) >= 11 is 1.46. The first-order chi connectivity index (χ1) is 9.47. The van der Waals surface area contributed by atoms with Gasteiger partial charge in [-0.2, -0.15) is 4.98 Å². The van der Waals surface area contributed by atoms with Crippen LogP contribution in [0.5, 0.6) is 0 Å². The van der Waals surface area contributed by atoms with Gasteiger partial charge in [-0.3, -0.25) is 9.63 Å². The second-order valence-electron chi connectivity index (χ2n) is 4.32. The third-order valence-electron chi connectivity index (χ3n) is 3.17. The molecule has 0 aliphatic heterocycles. The summed E-state index contributed by atoms with van der Waals surface area (Å²) in [6.07, 6.45) is 2.13. The Bertz CT molecular complexity index is 655. The number of fused-ring (bicyclic) bond motifs is 1. The molecule has 0 aliphatic carbocycles. The molecule has 0 aliphatic rings. The lowest BCUT2D eigenvalue weighted by atomic mass is 10.1. The Balaban J connectivity index is 2.45. The molecule has 0 unspecified atom stereocenters. The van der Waals surface area contributed by atoms with Crippen LogP contribution in [0.4, 0.5) is 0 Å². The van der Waals surface area contributed by atoms with E-state index in [-0.39, 0.29) is 12.3 Å². The first kappa shape index (κ1) is 14.7. The number of carbonyl (C=O) groups excluding carboxylic acids is 1. The van der Waals surface area contributed by atoms with Crippen LogP contribution in [-0.2, 0) is 16.1 Å². The monoisotopic (exact) mass is 295 g/mol. The molecule has 2 heterocycles. The minimum absolute atomic E-state index is 0.134. The van der Waals surface area contributed by atoms with Crippen molar-refractivity contribution in [2.24, 2.45) is 0 Å². The molecule has 0 fully saturated rings. The molecule has 0 radical (unpaired) electrons. The van der Waals surface area contributed by atoms with Crippen molar-refractivity contribution >= 4 is 23.4 Å². The van der Waals surface area contributed by atoms with Crippen molar-refractivity contribution in [2.45, 2.75) is 25.4 Å². The highest BCUT2D eigenvalue weighted by Crippen LogP contribution is 2.17. The Morgan fingerprint density at radius 3 is 2.70 bits per heavy atom. The van der Waals surface area contributed by atoms with E-state index in [0.717, 1.165) is 17.0 Å². The van der Waals surface area contributed by atoms with Gasteiger partial charge >= 0.3 is 0 Å². The van der Waals surface area contributed by atoms with Crippen molar-refractivity contribution in [1.29, 1.82) is 0 Å². The zero-order valence-corrected chi connectivity index (χ0v) is 13.0. The van der Waals surface area contributed by atoms with Crippen molar-refractivity contribution in [2.75, 3.05) is 20.4 Å². The highest BCUT2D eigenvalue weighted by molar-refractivity contribution is 7.98. The maximum Gasteiger partial charge on any atom is 0.253 e. The van der Waals surface area contributed by atoms with Crippen LogP contribution >= 0.6 is 11.8 Å². The third kappa shape index (κ3) is 2.61. The van der Waals surface area contributed by atoms with Gasteiger partial charge in [-0.05, 0) is 20.1 Å². The fourth-order valence-electron chi connectivity index (χ4n) is 1.90. The highest BCUT2D eigenvalue weighted by Gasteiger charge is 2.17. The average Bonchev–Trinajstić information content (AvgIpc) is 2.85. The van der Waals surface area contributed by atoms with Crippen LogP contribution < -0.4 is 0 Å². The molecule has 0 saturated carbocycles. The predicted octanol–water partition coefficient (Wildman–Crippen LogP) is 1.03. The lowest BCUT2D eigenvalue weighted by molar-refractivity contribution is -0.167. The highest BCUT2D eigenvalue weighted by atomic mass is 32.2. The Morgan fingerprint density at radius 2 is 2.10 bits per heavy atom. The van der Waals surface area contributed by atoms with Gasteiger partial charge < -0.3 is 0 Å². The molecule has 20 heavy (non-hydrogen) atoms. The van der Waals surface area contributed by atoms with Gasteiger partial charge in [0.05, 0.1) is 13.5 Å².